The van der Waals surface area contributed by atoms with Crippen LogP contribution < -0.4 is 4.90 Å². The highest BCUT2D eigenvalue weighted by molar-refractivity contribution is 7.96. The molecule has 0 saturated carbocycles. The quantitative estimate of drug-likeness (QED) is 0.713. The molecule has 2 saturated heterocycles. The third-order valence-corrected chi connectivity index (χ3v) is 10.3. The van der Waals surface area contributed by atoms with Gasteiger partial charge in [0.25, 0.3) is 0 Å². The molecule has 0 bridgehead atoms. The van der Waals surface area contributed by atoms with Crippen LogP contribution in [0.2, 0.25) is 0 Å². The number of aryl methyl sites for hydroxylation is 2. The van der Waals surface area contributed by atoms with Crippen LogP contribution in [0.25, 0.3) is 0 Å². The molecule has 162 valence electrons. The summed E-state index contributed by atoms with van der Waals surface area (Å²) in [5, 5.41) is -0.921. The Morgan fingerprint density at radius 3 is 2.17 bits per heavy atom. The van der Waals surface area contributed by atoms with Gasteiger partial charge in [0, 0.05) is 37.9 Å². The molecule has 2 heterocycles. The van der Waals surface area contributed by atoms with Crippen molar-refractivity contribution in [2.45, 2.75) is 30.0 Å². The zero-order chi connectivity index (χ0) is 21.5. The number of anilines is 1. The molecule has 0 aliphatic carbocycles. The molecule has 2 aliphatic heterocycles. The maximum Gasteiger partial charge on any atom is 0.183 e. The van der Waals surface area contributed by atoms with Gasteiger partial charge in [-0.15, -0.1) is 0 Å². The molecule has 4 rings (SSSR count). The van der Waals surface area contributed by atoms with Crippen molar-refractivity contribution < 1.29 is 16.8 Å². The first-order valence-corrected chi connectivity index (χ1v) is 13.6. The minimum absolute atomic E-state index is 0.0901. The number of piperazine rings is 1. The smallest absolute Gasteiger partial charge is 0.183 e. The van der Waals surface area contributed by atoms with Gasteiger partial charge >= 0.3 is 0 Å². The van der Waals surface area contributed by atoms with Crippen molar-refractivity contribution in [3.05, 3.63) is 59.7 Å². The second kappa shape index (κ2) is 7.98. The summed E-state index contributed by atoms with van der Waals surface area (Å²) in [6.45, 7) is 6.74. The Morgan fingerprint density at radius 1 is 0.867 bits per heavy atom. The monoisotopic (exact) mass is 448 g/mol. The van der Waals surface area contributed by atoms with E-state index in [1.54, 1.807) is 24.3 Å². The van der Waals surface area contributed by atoms with Crippen molar-refractivity contribution in [2.75, 3.05) is 42.6 Å². The molecule has 0 radical (unpaired) electrons. The molecule has 2 fully saturated rings. The number of nitrogens with zero attached hydrogens (tertiary/aromatic N) is 2. The van der Waals surface area contributed by atoms with Crippen LogP contribution in [-0.2, 0) is 19.7 Å². The van der Waals surface area contributed by atoms with E-state index >= 15 is 0 Å². The molecular formula is C22H28N2O4S2. The minimum Gasteiger partial charge on any atom is -0.369 e. The average Bonchev–Trinajstić information content (AvgIpc) is 3.05. The number of rotatable bonds is 4. The predicted molar refractivity (Wildman–Crippen MR) is 120 cm³/mol. The van der Waals surface area contributed by atoms with Gasteiger partial charge in [-0.25, -0.2) is 16.8 Å². The summed E-state index contributed by atoms with van der Waals surface area (Å²) in [4.78, 5) is 4.54. The van der Waals surface area contributed by atoms with Crippen LogP contribution in [-0.4, -0.2) is 70.7 Å². The van der Waals surface area contributed by atoms with Gasteiger partial charge in [-0.3, -0.25) is 4.90 Å². The highest BCUT2D eigenvalue weighted by Crippen LogP contribution is 2.30. The Hall–Kier alpha value is -1.90. The maximum atomic E-state index is 13.3. The van der Waals surface area contributed by atoms with Gasteiger partial charge < -0.3 is 4.90 Å². The molecule has 30 heavy (non-hydrogen) atoms. The summed E-state index contributed by atoms with van der Waals surface area (Å²) in [5.74, 6) is -0.390. The third-order valence-electron chi connectivity index (χ3n) is 6.17. The van der Waals surface area contributed by atoms with Crippen LogP contribution in [0.3, 0.4) is 0 Å². The van der Waals surface area contributed by atoms with E-state index in [1.165, 1.54) is 5.56 Å². The first kappa shape index (κ1) is 21.3. The van der Waals surface area contributed by atoms with Crippen LogP contribution >= 0.6 is 0 Å². The fourth-order valence-electron chi connectivity index (χ4n) is 4.47. The van der Waals surface area contributed by atoms with Crippen molar-refractivity contribution in [1.82, 2.24) is 4.90 Å². The van der Waals surface area contributed by atoms with Crippen LogP contribution in [0.15, 0.2) is 53.4 Å². The molecule has 0 N–H and O–H groups in total. The molecular weight excluding hydrogens is 420 g/mol. The van der Waals surface area contributed by atoms with Crippen LogP contribution in [0.5, 0.6) is 0 Å². The van der Waals surface area contributed by atoms with Gasteiger partial charge in [-0.05, 0) is 43.7 Å². The predicted octanol–water partition coefficient (Wildman–Crippen LogP) is 2.06. The number of benzene rings is 2. The van der Waals surface area contributed by atoms with Gasteiger partial charge in [0.15, 0.2) is 19.7 Å². The number of hydrogen-bond donors (Lipinski definition) is 0. The van der Waals surface area contributed by atoms with Gasteiger partial charge in [0.1, 0.15) is 0 Å². The molecule has 2 aromatic rings. The van der Waals surface area contributed by atoms with Crippen LogP contribution in [0.4, 0.5) is 5.69 Å². The molecule has 0 aromatic heterocycles. The highest BCUT2D eigenvalue weighted by Gasteiger charge is 2.48. The molecule has 8 heteroatoms. The SMILES string of the molecule is Cc1ccc(S(=O)(=O)[C@H]2CS(=O)(=O)C[C@@H]2N2CCN(c3cccc(C)c3)CC2)cc1. The molecule has 2 aliphatic rings. The Bertz CT molecular complexity index is 1120. The van der Waals surface area contributed by atoms with E-state index in [1.807, 2.05) is 13.0 Å². The molecule has 0 amide bonds. The van der Waals surface area contributed by atoms with Crippen molar-refractivity contribution in [3.8, 4) is 0 Å². The largest absolute Gasteiger partial charge is 0.369 e. The van der Waals surface area contributed by atoms with Gasteiger partial charge in [-0.1, -0.05) is 29.8 Å². The Labute approximate surface area is 179 Å². The standard InChI is InChI=1S/C22H28N2O4S2/c1-17-6-8-20(9-7-17)30(27,28)22-16-29(25,26)15-21(22)24-12-10-23(11-13-24)19-5-3-4-18(2)14-19/h3-9,14,21-22H,10-13,15-16H2,1-2H3/t21-,22-/m0/s1. The molecule has 0 spiro atoms. The van der Waals surface area contributed by atoms with Gasteiger partial charge in [-0.2, -0.15) is 0 Å². The summed E-state index contributed by atoms with van der Waals surface area (Å²) < 4.78 is 51.5. The van der Waals surface area contributed by atoms with E-state index in [0.717, 1.165) is 24.3 Å². The zero-order valence-corrected chi connectivity index (χ0v) is 19.0. The van der Waals surface area contributed by atoms with E-state index in [-0.39, 0.29) is 16.4 Å². The lowest BCUT2D eigenvalue weighted by Gasteiger charge is -2.40. The van der Waals surface area contributed by atoms with Crippen molar-refractivity contribution in [2.24, 2.45) is 0 Å². The van der Waals surface area contributed by atoms with Crippen molar-refractivity contribution in [1.29, 1.82) is 0 Å². The molecule has 2 atom stereocenters. The number of sulfone groups is 2. The van der Waals surface area contributed by atoms with E-state index in [9.17, 15) is 16.8 Å². The molecule has 0 unspecified atom stereocenters. The minimum atomic E-state index is -3.73. The number of hydrogen-bond acceptors (Lipinski definition) is 6. The summed E-state index contributed by atoms with van der Waals surface area (Å²) >= 11 is 0. The second-order valence-corrected chi connectivity index (χ2v) is 12.7. The lowest BCUT2D eigenvalue weighted by molar-refractivity contribution is 0.201. The second-order valence-electron chi connectivity index (χ2n) is 8.40. The Balaban J connectivity index is 1.54. The topological polar surface area (TPSA) is 74.8 Å². The summed E-state index contributed by atoms with van der Waals surface area (Å²) in [6.07, 6.45) is 0. The summed E-state index contributed by atoms with van der Waals surface area (Å²) in [5.41, 5.74) is 3.32. The lowest BCUT2D eigenvalue weighted by atomic mass is 10.1. The highest BCUT2D eigenvalue weighted by atomic mass is 32.2. The van der Waals surface area contributed by atoms with Gasteiger partial charge in [0.2, 0.25) is 0 Å². The lowest BCUT2D eigenvalue weighted by Crippen LogP contribution is -2.55. The summed E-state index contributed by atoms with van der Waals surface area (Å²) in [7, 11) is -7.13. The van der Waals surface area contributed by atoms with Crippen molar-refractivity contribution in [3.63, 3.8) is 0 Å². The molecule has 6 nitrogen and oxygen atoms in total. The summed E-state index contributed by atoms with van der Waals surface area (Å²) in [6, 6.07) is 14.5. The zero-order valence-electron chi connectivity index (χ0n) is 17.4. The molecule has 2 aromatic carbocycles. The fraction of sp³-hybridized carbons (Fsp3) is 0.455. The van der Waals surface area contributed by atoms with Crippen LogP contribution in [0.1, 0.15) is 11.1 Å². The normalized spacial score (nSPS) is 24.8. The van der Waals surface area contributed by atoms with Crippen LogP contribution in [0, 0.1) is 13.8 Å². The maximum absolute atomic E-state index is 13.3. The van der Waals surface area contributed by atoms with Gasteiger partial charge in [0.05, 0.1) is 21.7 Å². The van der Waals surface area contributed by atoms with E-state index in [2.05, 4.69) is 34.9 Å². The first-order chi connectivity index (χ1) is 14.2. The Morgan fingerprint density at radius 2 is 1.53 bits per heavy atom. The van der Waals surface area contributed by atoms with E-state index in [0.29, 0.717) is 13.1 Å². The third kappa shape index (κ3) is 4.26. The van der Waals surface area contributed by atoms with E-state index < -0.39 is 31.0 Å². The Kier molecular flexibility index (Phi) is 5.67. The van der Waals surface area contributed by atoms with Crippen molar-refractivity contribution >= 4 is 25.4 Å². The fourth-order valence-corrected chi connectivity index (χ4v) is 9.30. The average molecular weight is 449 g/mol. The first-order valence-electron chi connectivity index (χ1n) is 10.2. The van der Waals surface area contributed by atoms with E-state index in [4.69, 9.17) is 0 Å².